The van der Waals surface area contributed by atoms with Crippen molar-refractivity contribution in [2.45, 2.75) is 32.2 Å². The number of para-hydroxylation sites is 1. The number of fused-ring (bicyclic) bond motifs is 1. The SMILES string of the molecule is CCCN(c1c(C(=N)N)cnc2ccccc12)C1CC1. The molecule has 1 fully saturated rings. The summed E-state index contributed by atoms with van der Waals surface area (Å²) in [4.78, 5) is 6.86. The summed E-state index contributed by atoms with van der Waals surface area (Å²) in [6, 6.07) is 8.70. The lowest BCUT2D eigenvalue weighted by atomic mass is 10.1. The van der Waals surface area contributed by atoms with Crippen LogP contribution < -0.4 is 10.6 Å². The fourth-order valence-electron chi connectivity index (χ4n) is 2.74. The van der Waals surface area contributed by atoms with E-state index in [9.17, 15) is 0 Å². The molecule has 0 unspecified atom stereocenters. The minimum absolute atomic E-state index is 0.0972. The van der Waals surface area contributed by atoms with E-state index in [4.69, 9.17) is 11.1 Å². The van der Waals surface area contributed by atoms with Crippen molar-refractivity contribution < 1.29 is 0 Å². The second kappa shape index (κ2) is 5.12. The third kappa shape index (κ3) is 2.22. The Balaban J connectivity index is 2.23. The van der Waals surface area contributed by atoms with Crippen LogP contribution in [0.15, 0.2) is 30.5 Å². The number of nitrogens with zero attached hydrogens (tertiary/aromatic N) is 2. The maximum Gasteiger partial charge on any atom is 0.126 e. The molecule has 1 aliphatic rings. The van der Waals surface area contributed by atoms with E-state index in [0.29, 0.717) is 6.04 Å². The van der Waals surface area contributed by atoms with E-state index >= 15 is 0 Å². The molecule has 0 saturated heterocycles. The van der Waals surface area contributed by atoms with E-state index in [1.54, 1.807) is 6.20 Å². The van der Waals surface area contributed by atoms with Gasteiger partial charge < -0.3 is 10.6 Å². The molecule has 1 saturated carbocycles. The lowest BCUT2D eigenvalue weighted by molar-refractivity contribution is 0.765. The Morgan fingerprint density at radius 1 is 1.40 bits per heavy atom. The van der Waals surface area contributed by atoms with Crippen molar-refractivity contribution in [3.63, 3.8) is 0 Å². The maximum atomic E-state index is 7.85. The van der Waals surface area contributed by atoms with Crippen molar-refractivity contribution in [2.75, 3.05) is 11.4 Å². The maximum absolute atomic E-state index is 7.85. The summed E-state index contributed by atoms with van der Waals surface area (Å²) in [6.07, 6.45) is 5.29. The van der Waals surface area contributed by atoms with E-state index in [1.807, 2.05) is 18.2 Å². The predicted molar refractivity (Wildman–Crippen MR) is 83.4 cm³/mol. The van der Waals surface area contributed by atoms with Crippen molar-refractivity contribution in [3.8, 4) is 0 Å². The first kappa shape index (κ1) is 12.9. The van der Waals surface area contributed by atoms with Crippen molar-refractivity contribution >= 4 is 22.4 Å². The van der Waals surface area contributed by atoms with Gasteiger partial charge in [0.1, 0.15) is 5.84 Å². The van der Waals surface area contributed by atoms with Crippen LogP contribution in [-0.2, 0) is 0 Å². The first-order chi connectivity index (χ1) is 9.72. The summed E-state index contributed by atoms with van der Waals surface area (Å²) < 4.78 is 0. The van der Waals surface area contributed by atoms with Gasteiger partial charge in [-0.05, 0) is 25.3 Å². The largest absolute Gasteiger partial charge is 0.384 e. The van der Waals surface area contributed by atoms with Gasteiger partial charge in [0.15, 0.2) is 0 Å². The Hall–Kier alpha value is -2.10. The monoisotopic (exact) mass is 268 g/mol. The van der Waals surface area contributed by atoms with Gasteiger partial charge in [0, 0.05) is 24.2 Å². The molecule has 1 aromatic heterocycles. The highest BCUT2D eigenvalue weighted by Crippen LogP contribution is 2.37. The number of nitrogen functional groups attached to an aromatic ring is 1. The lowest BCUT2D eigenvalue weighted by Gasteiger charge is -2.27. The second-order valence-corrected chi connectivity index (χ2v) is 5.38. The van der Waals surface area contributed by atoms with Crippen molar-refractivity contribution in [1.82, 2.24) is 4.98 Å². The standard InChI is InChI=1S/C16H20N4/c1-2-9-20(11-7-8-11)15-12-5-3-4-6-14(12)19-10-13(15)16(17)18/h3-6,10-11H,2,7-9H2,1H3,(H3,17,18). The molecule has 0 aliphatic heterocycles. The zero-order chi connectivity index (χ0) is 14.1. The van der Waals surface area contributed by atoms with E-state index in [0.717, 1.165) is 35.1 Å². The Morgan fingerprint density at radius 2 is 2.15 bits per heavy atom. The highest BCUT2D eigenvalue weighted by molar-refractivity contribution is 6.07. The Morgan fingerprint density at radius 3 is 2.80 bits per heavy atom. The van der Waals surface area contributed by atoms with Crippen LogP contribution in [0.25, 0.3) is 10.9 Å². The van der Waals surface area contributed by atoms with Crippen LogP contribution in [0.1, 0.15) is 31.7 Å². The Labute approximate surface area is 119 Å². The zero-order valence-electron chi connectivity index (χ0n) is 11.8. The van der Waals surface area contributed by atoms with Crippen LogP contribution in [0.2, 0.25) is 0 Å². The smallest absolute Gasteiger partial charge is 0.126 e. The van der Waals surface area contributed by atoms with Crippen LogP contribution in [0.5, 0.6) is 0 Å². The number of anilines is 1. The van der Waals surface area contributed by atoms with E-state index in [1.165, 1.54) is 12.8 Å². The highest BCUT2D eigenvalue weighted by Gasteiger charge is 2.31. The molecule has 3 rings (SSSR count). The second-order valence-electron chi connectivity index (χ2n) is 5.38. The number of rotatable bonds is 5. The topological polar surface area (TPSA) is 66.0 Å². The third-order valence-corrected chi connectivity index (χ3v) is 3.78. The average molecular weight is 268 g/mol. The van der Waals surface area contributed by atoms with Gasteiger partial charge in [-0.2, -0.15) is 0 Å². The average Bonchev–Trinajstić information content (AvgIpc) is 3.28. The van der Waals surface area contributed by atoms with Crippen LogP contribution in [-0.4, -0.2) is 23.4 Å². The van der Waals surface area contributed by atoms with Gasteiger partial charge >= 0.3 is 0 Å². The van der Waals surface area contributed by atoms with E-state index in [-0.39, 0.29) is 5.84 Å². The van der Waals surface area contributed by atoms with Gasteiger partial charge in [-0.3, -0.25) is 10.4 Å². The van der Waals surface area contributed by atoms with E-state index in [2.05, 4.69) is 22.9 Å². The van der Waals surface area contributed by atoms with Gasteiger partial charge in [0.05, 0.1) is 16.8 Å². The van der Waals surface area contributed by atoms with Gasteiger partial charge in [0.2, 0.25) is 0 Å². The summed E-state index contributed by atoms with van der Waals surface area (Å²) in [5.74, 6) is 0.0972. The number of benzene rings is 1. The summed E-state index contributed by atoms with van der Waals surface area (Å²) >= 11 is 0. The summed E-state index contributed by atoms with van der Waals surface area (Å²) in [5, 5.41) is 8.95. The first-order valence-electron chi connectivity index (χ1n) is 7.21. The molecule has 0 amide bonds. The molecule has 0 atom stereocenters. The minimum Gasteiger partial charge on any atom is -0.384 e. The fourth-order valence-corrected chi connectivity index (χ4v) is 2.74. The van der Waals surface area contributed by atoms with Crippen LogP contribution in [0.4, 0.5) is 5.69 Å². The number of pyridine rings is 1. The molecule has 0 spiro atoms. The molecule has 4 heteroatoms. The quantitative estimate of drug-likeness (QED) is 0.647. The number of hydrogen-bond donors (Lipinski definition) is 2. The normalized spacial score (nSPS) is 14.4. The zero-order valence-corrected chi connectivity index (χ0v) is 11.8. The van der Waals surface area contributed by atoms with Crippen molar-refractivity contribution in [1.29, 1.82) is 5.41 Å². The summed E-state index contributed by atoms with van der Waals surface area (Å²) in [6.45, 7) is 3.19. The van der Waals surface area contributed by atoms with Gasteiger partial charge in [0.25, 0.3) is 0 Å². The van der Waals surface area contributed by atoms with Gasteiger partial charge in [-0.25, -0.2) is 0 Å². The molecule has 3 N–H and O–H groups in total. The molecular weight excluding hydrogens is 248 g/mol. The molecule has 1 aliphatic carbocycles. The van der Waals surface area contributed by atoms with Gasteiger partial charge in [-0.1, -0.05) is 25.1 Å². The fraction of sp³-hybridized carbons (Fsp3) is 0.375. The minimum atomic E-state index is 0.0972. The number of nitrogens with two attached hydrogens (primary N) is 1. The Kier molecular flexibility index (Phi) is 3.30. The molecule has 2 aromatic rings. The highest BCUT2D eigenvalue weighted by atomic mass is 15.2. The summed E-state index contributed by atoms with van der Waals surface area (Å²) in [5.41, 5.74) is 8.59. The lowest BCUT2D eigenvalue weighted by Crippen LogP contribution is -2.29. The molecule has 104 valence electrons. The molecule has 1 heterocycles. The van der Waals surface area contributed by atoms with Crippen LogP contribution in [0.3, 0.4) is 0 Å². The number of aromatic nitrogens is 1. The van der Waals surface area contributed by atoms with Gasteiger partial charge in [-0.15, -0.1) is 0 Å². The van der Waals surface area contributed by atoms with Crippen molar-refractivity contribution in [3.05, 3.63) is 36.0 Å². The number of nitrogens with one attached hydrogen (secondary N) is 1. The molecule has 1 aromatic carbocycles. The Bertz CT molecular complexity index is 646. The summed E-state index contributed by atoms with van der Waals surface area (Å²) in [7, 11) is 0. The molecular formula is C16H20N4. The van der Waals surface area contributed by atoms with Crippen LogP contribution in [0, 0.1) is 5.41 Å². The first-order valence-corrected chi connectivity index (χ1v) is 7.21. The number of amidine groups is 1. The van der Waals surface area contributed by atoms with E-state index < -0.39 is 0 Å². The van der Waals surface area contributed by atoms with Crippen molar-refractivity contribution in [2.24, 2.45) is 5.73 Å². The molecule has 4 nitrogen and oxygen atoms in total. The molecule has 0 bridgehead atoms. The number of hydrogen-bond acceptors (Lipinski definition) is 3. The predicted octanol–water partition coefficient (Wildman–Crippen LogP) is 2.90. The van der Waals surface area contributed by atoms with Crippen LogP contribution >= 0.6 is 0 Å². The third-order valence-electron chi connectivity index (χ3n) is 3.78. The molecule has 20 heavy (non-hydrogen) atoms. The molecule has 0 radical (unpaired) electrons.